The summed E-state index contributed by atoms with van der Waals surface area (Å²) in [5.41, 5.74) is 3.96. The fourth-order valence-electron chi connectivity index (χ4n) is 1.37. The zero-order valence-electron chi connectivity index (χ0n) is 10.8. The second kappa shape index (κ2) is 6.48. The van der Waals surface area contributed by atoms with Gasteiger partial charge < -0.3 is 5.32 Å². The third kappa shape index (κ3) is 5.11. The van der Waals surface area contributed by atoms with E-state index < -0.39 is 5.54 Å². The molecule has 0 heterocycles. The number of carbonyl (C=O) groups is 2. The van der Waals surface area contributed by atoms with E-state index in [0.29, 0.717) is 6.04 Å². The number of hydrogen-bond donors (Lipinski definition) is 3. The summed E-state index contributed by atoms with van der Waals surface area (Å²) in [5.74, 6) is -0.527. The van der Waals surface area contributed by atoms with Crippen molar-refractivity contribution in [3.05, 3.63) is 0 Å². The summed E-state index contributed by atoms with van der Waals surface area (Å²) >= 11 is 0. The predicted octanol–water partition coefficient (Wildman–Crippen LogP) is 0.711. The number of amides is 2. The highest BCUT2D eigenvalue weighted by molar-refractivity contribution is 5.87. The molecule has 5 heteroatoms. The van der Waals surface area contributed by atoms with Crippen molar-refractivity contribution in [2.75, 3.05) is 0 Å². The first-order valence-corrected chi connectivity index (χ1v) is 5.68. The molecule has 0 spiro atoms. The molecule has 0 saturated heterocycles. The quantitative estimate of drug-likeness (QED) is 0.608. The molecule has 0 unspecified atom stereocenters. The molecule has 0 rings (SSSR count). The van der Waals surface area contributed by atoms with Crippen molar-refractivity contribution < 1.29 is 9.59 Å². The molecule has 16 heavy (non-hydrogen) atoms. The van der Waals surface area contributed by atoms with Crippen LogP contribution in [0.2, 0.25) is 0 Å². The Labute approximate surface area is 97.3 Å². The van der Waals surface area contributed by atoms with E-state index in [1.807, 2.05) is 0 Å². The largest absolute Gasteiger partial charge is 0.301 e. The lowest BCUT2D eigenvalue weighted by Crippen LogP contribution is -2.59. The van der Waals surface area contributed by atoms with Gasteiger partial charge in [-0.2, -0.15) is 0 Å². The SMILES string of the molecule is CCC(CC)NC(C)(C)C(=O)NNC(C)=O. The van der Waals surface area contributed by atoms with Crippen LogP contribution in [0.15, 0.2) is 0 Å². The molecule has 5 nitrogen and oxygen atoms in total. The van der Waals surface area contributed by atoms with Crippen LogP contribution in [0.1, 0.15) is 47.5 Å². The van der Waals surface area contributed by atoms with Gasteiger partial charge in [0.2, 0.25) is 5.91 Å². The summed E-state index contributed by atoms with van der Waals surface area (Å²) in [6.07, 6.45) is 1.93. The van der Waals surface area contributed by atoms with Gasteiger partial charge in [-0.25, -0.2) is 0 Å². The number of nitrogens with one attached hydrogen (secondary N) is 3. The van der Waals surface area contributed by atoms with Crippen molar-refractivity contribution in [2.45, 2.75) is 59.0 Å². The van der Waals surface area contributed by atoms with Crippen LogP contribution in [0.5, 0.6) is 0 Å². The summed E-state index contributed by atoms with van der Waals surface area (Å²) in [4.78, 5) is 22.4. The van der Waals surface area contributed by atoms with Crippen molar-refractivity contribution >= 4 is 11.8 Å². The van der Waals surface area contributed by atoms with Crippen LogP contribution in [0.3, 0.4) is 0 Å². The molecule has 3 N–H and O–H groups in total. The molecule has 0 aromatic heterocycles. The Morgan fingerprint density at radius 1 is 1.12 bits per heavy atom. The molecular weight excluding hydrogens is 206 g/mol. The highest BCUT2D eigenvalue weighted by Crippen LogP contribution is 2.07. The number of hydrogen-bond acceptors (Lipinski definition) is 3. The summed E-state index contributed by atoms with van der Waals surface area (Å²) in [6, 6.07) is 0.304. The third-order valence-electron chi connectivity index (χ3n) is 2.47. The van der Waals surface area contributed by atoms with Gasteiger partial charge >= 0.3 is 0 Å². The first-order chi connectivity index (χ1) is 7.33. The third-order valence-corrected chi connectivity index (χ3v) is 2.47. The first kappa shape index (κ1) is 14.9. The molecule has 2 amide bonds. The number of rotatable bonds is 5. The van der Waals surface area contributed by atoms with Crippen molar-refractivity contribution in [2.24, 2.45) is 0 Å². The molecule has 94 valence electrons. The van der Waals surface area contributed by atoms with Crippen LogP contribution in [0.4, 0.5) is 0 Å². The van der Waals surface area contributed by atoms with Crippen LogP contribution >= 0.6 is 0 Å². The first-order valence-electron chi connectivity index (χ1n) is 5.68. The van der Waals surface area contributed by atoms with Crippen molar-refractivity contribution in [1.82, 2.24) is 16.2 Å². The average molecular weight is 229 g/mol. The van der Waals surface area contributed by atoms with E-state index in [2.05, 4.69) is 30.0 Å². The molecule has 0 fully saturated rings. The second-order valence-electron chi connectivity index (χ2n) is 4.42. The van der Waals surface area contributed by atoms with Gasteiger partial charge in [0.15, 0.2) is 0 Å². The maximum absolute atomic E-state index is 11.7. The zero-order chi connectivity index (χ0) is 12.8. The van der Waals surface area contributed by atoms with Crippen LogP contribution in [-0.2, 0) is 9.59 Å². The van der Waals surface area contributed by atoms with Gasteiger partial charge in [0, 0.05) is 13.0 Å². The van der Waals surface area contributed by atoms with Gasteiger partial charge in [-0.1, -0.05) is 13.8 Å². The maximum Gasteiger partial charge on any atom is 0.258 e. The van der Waals surface area contributed by atoms with E-state index in [1.54, 1.807) is 13.8 Å². The minimum atomic E-state index is -0.695. The highest BCUT2D eigenvalue weighted by atomic mass is 16.2. The standard InChI is InChI=1S/C11H23N3O2/c1-6-9(7-2)12-11(4,5)10(16)14-13-8(3)15/h9,12H,6-7H2,1-5H3,(H,13,15)(H,14,16). The van der Waals surface area contributed by atoms with E-state index in [0.717, 1.165) is 12.8 Å². The Balaban J connectivity index is 4.29. The lowest BCUT2D eigenvalue weighted by atomic mass is 10.0. The summed E-state index contributed by atoms with van der Waals surface area (Å²) in [5, 5.41) is 3.25. The van der Waals surface area contributed by atoms with Crippen molar-refractivity contribution in [3.8, 4) is 0 Å². The smallest absolute Gasteiger partial charge is 0.258 e. The molecule has 0 aromatic rings. The Bertz CT molecular complexity index is 248. The molecule has 0 saturated carbocycles. The van der Waals surface area contributed by atoms with Gasteiger partial charge in [-0.15, -0.1) is 0 Å². The molecule has 0 aromatic carbocycles. The summed E-state index contributed by atoms with van der Waals surface area (Å²) in [7, 11) is 0. The van der Waals surface area contributed by atoms with Gasteiger partial charge in [-0.05, 0) is 26.7 Å². The van der Waals surface area contributed by atoms with Crippen LogP contribution < -0.4 is 16.2 Å². The predicted molar refractivity (Wildman–Crippen MR) is 63.5 cm³/mol. The average Bonchev–Trinajstić information content (AvgIpc) is 2.22. The normalized spacial score (nSPS) is 11.4. The van der Waals surface area contributed by atoms with Crippen molar-refractivity contribution in [3.63, 3.8) is 0 Å². The van der Waals surface area contributed by atoms with E-state index in [9.17, 15) is 9.59 Å². The van der Waals surface area contributed by atoms with Gasteiger partial charge in [0.1, 0.15) is 0 Å². The molecule has 0 atom stereocenters. The highest BCUT2D eigenvalue weighted by Gasteiger charge is 2.29. The lowest BCUT2D eigenvalue weighted by molar-refractivity contribution is -0.131. The van der Waals surface area contributed by atoms with Gasteiger partial charge in [0.05, 0.1) is 5.54 Å². The van der Waals surface area contributed by atoms with E-state index in [4.69, 9.17) is 0 Å². The van der Waals surface area contributed by atoms with Crippen molar-refractivity contribution in [1.29, 1.82) is 0 Å². The molecule has 0 radical (unpaired) electrons. The Morgan fingerprint density at radius 2 is 1.62 bits per heavy atom. The van der Waals surface area contributed by atoms with E-state index >= 15 is 0 Å². The fourth-order valence-corrected chi connectivity index (χ4v) is 1.37. The maximum atomic E-state index is 11.7. The minimum Gasteiger partial charge on any atom is -0.301 e. The molecule has 0 aliphatic heterocycles. The minimum absolute atomic E-state index is 0.241. The Kier molecular flexibility index (Phi) is 6.03. The lowest BCUT2D eigenvalue weighted by Gasteiger charge is -2.29. The second-order valence-corrected chi connectivity index (χ2v) is 4.42. The number of hydrazine groups is 1. The number of carbonyl (C=O) groups excluding carboxylic acids is 2. The summed E-state index contributed by atoms with van der Waals surface area (Å²) in [6.45, 7) is 9.08. The van der Waals surface area contributed by atoms with Crippen LogP contribution in [-0.4, -0.2) is 23.4 Å². The van der Waals surface area contributed by atoms with E-state index in [1.165, 1.54) is 6.92 Å². The van der Waals surface area contributed by atoms with Crippen LogP contribution in [0, 0.1) is 0 Å². The monoisotopic (exact) mass is 229 g/mol. The Hall–Kier alpha value is -1.10. The Morgan fingerprint density at radius 3 is 2.00 bits per heavy atom. The molecule has 0 bridgehead atoms. The molecular formula is C11H23N3O2. The van der Waals surface area contributed by atoms with E-state index in [-0.39, 0.29) is 11.8 Å². The molecule has 0 aliphatic carbocycles. The fraction of sp³-hybridized carbons (Fsp3) is 0.818. The van der Waals surface area contributed by atoms with Gasteiger partial charge in [0.25, 0.3) is 5.91 Å². The van der Waals surface area contributed by atoms with Crippen LogP contribution in [0.25, 0.3) is 0 Å². The molecule has 0 aliphatic rings. The topological polar surface area (TPSA) is 70.2 Å². The zero-order valence-corrected chi connectivity index (χ0v) is 10.8. The van der Waals surface area contributed by atoms with Gasteiger partial charge in [-0.3, -0.25) is 20.4 Å². The summed E-state index contributed by atoms with van der Waals surface area (Å²) < 4.78 is 0.